The van der Waals surface area contributed by atoms with Gasteiger partial charge in [0.1, 0.15) is 0 Å². The number of benzene rings is 1. The summed E-state index contributed by atoms with van der Waals surface area (Å²) in [7, 11) is 0. The third-order valence-electron chi connectivity index (χ3n) is 12.0. The molecule has 6 heterocycles. The van der Waals surface area contributed by atoms with Crippen LogP contribution in [0.4, 0.5) is 5.69 Å². The highest BCUT2D eigenvalue weighted by Gasteiger charge is 2.65. The molecule has 47 heavy (non-hydrogen) atoms. The molecule has 6 atom stereocenters. The largest absolute Gasteiger partial charge is 0.384 e. The number of nitrogens with one attached hydrogen (secondary N) is 2. The fourth-order valence-electron chi connectivity index (χ4n) is 10.2. The van der Waals surface area contributed by atoms with Crippen LogP contribution in [0, 0.1) is 11.3 Å². The molecule has 2 fully saturated rings. The van der Waals surface area contributed by atoms with Gasteiger partial charge in [-0.3, -0.25) is 14.7 Å². The van der Waals surface area contributed by atoms with Gasteiger partial charge in [0, 0.05) is 52.6 Å². The molecule has 7 nitrogen and oxygen atoms in total. The molecule has 4 aliphatic heterocycles. The summed E-state index contributed by atoms with van der Waals surface area (Å²) in [5.74, 6) is 0.367. The maximum absolute atomic E-state index is 13.2. The van der Waals surface area contributed by atoms with Gasteiger partial charge in [0.15, 0.2) is 0 Å². The lowest BCUT2D eigenvalue weighted by Crippen LogP contribution is -2.65. The second-order valence-corrected chi connectivity index (χ2v) is 15.0. The van der Waals surface area contributed by atoms with E-state index in [0.717, 1.165) is 104 Å². The summed E-state index contributed by atoms with van der Waals surface area (Å²) in [5.41, 5.74) is 4.10. The van der Waals surface area contributed by atoms with Gasteiger partial charge in [-0.1, -0.05) is 31.2 Å². The van der Waals surface area contributed by atoms with Gasteiger partial charge in [0.05, 0.1) is 22.9 Å². The number of aromatic amines is 1. The van der Waals surface area contributed by atoms with E-state index in [1.807, 2.05) is 19.2 Å². The number of pyridine rings is 1. The van der Waals surface area contributed by atoms with Crippen molar-refractivity contribution in [2.45, 2.75) is 102 Å². The van der Waals surface area contributed by atoms with Crippen LogP contribution in [-0.4, -0.2) is 74.6 Å². The smallest absolute Gasteiger partial charge is 0.224 e. The Bertz CT molecular complexity index is 1740. The van der Waals surface area contributed by atoms with Crippen molar-refractivity contribution in [3.63, 3.8) is 0 Å². The number of rotatable bonds is 4. The highest BCUT2D eigenvalue weighted by atomic mass is 16.3. The molecule has 1 unspecified atom stereocenters. The van der Waals surface area contributed by atoms with Gasteiger partial charge in [-0.05, 0) is 132 Å². The van der Waals surface area contributed by atoms with E-state index in [2.05, 4.69) is 68.7 Å². The first kappa shape index (κ1) is 31.0. The molecular weight excluding hydrogens is 582 g/mol. The van der Waals surface area contributed by atoms with E-state index in [1.54, 1.807) is 0 Å². The Kier molecular flexibility index (Phi) is 8.35. The summed E-state index contributed by atoms with van der Waals surface area (Å²) in [6.07, 6.45) is 26.1. The first-order chi connectivity index (χ1) is 23.0. The third-order valence-corrected chi connectivity index (χ3v) is 12.0. The number of nitrogens with zero attached hydrogens (tertiary/aromatic N) is 3. The molecule has 2 saturated heterocycles. The summed E-state index contributed by atoms with van der Waals surface area (Å²) < 4.78 is 0. The minimum absolute atomic E-state index is 0.0474. The average Bonchev–Trinajstić information content (AvgIpc) is 3.57. The molecule has 1 aliphatic carbocycles. The zero-order chi connectivity index (χ0) is 32.0. The lowest BCUT2D eigenvalue weighted by molar-refractivity contribution is -0.116. The Labute approximate surface area is 279 Å². The number of fused-ring (bicyclic) bond motifs is 5. The van der Waals surface area contributed by atoms with Crippen molar-refractivity contribution in [2.75, 3.05) is 31.5 Å². The SMILES string of the molecule is CCCC(=O)Nc1ccc2[nH]c3c(C4=C[C@@]5(O)CC/C=C\CCCCN6CC[C@@H]4[C@]4(C[C@@H]7/C=C\CCCCN7[C@H]45)C6)nccc3c2c1. The monoisotopic (exact) mass is 633 g/mol. The number of aromatic nitrogens is 2. The molecule has 1 spiro atoms. The van der Waals surface area contributed by atoms with Crippen LogP contribution < -0.4 is 5.32 Å². The third kappa shape index (κ3) is 5.48. The number of piperidine rings is 1. The Morgan fingerprint density at radius 2 is 1.89 bits per heavy atom. The molecule has 2 aromatic heterocycles. The van der Waals surface area contributed by atoms with Crippen LogP contribution in [0.3, 0.4) is 0 Å². The normalized spacial score (nSPS) is 34.2. The molecule has 248 valence electrons. The minimum atomic E-state index is -0.957. The molecule has 3 aromatic rings. The first-order valence-electron chi connectivity index (χ1n) is 18.4. The van der Waals surface area contributed by atoms with Crippen molar-refractivity contribution < 1.29 is 9.90 Å². The Morgan fingerprint density at radius 3 is 2.79 bits per heavy atom. The quantitative estimate of drug-likeness (QED) is 0.258. The van der Waals surface area contributed by atoms with Crippen LogP contribution in [-0.2, 0) is 4.79 Å². The number of allylic oxidation sites excluding steroid dienone is 4. The van der Waals surface area contributed by atoms with Gasteiger partial charge in [-0.25, -0.2) is 0 Å². The van der Waals surface area contributed by atoms with Gasteiger partial charge in [-0.15, -0.1) is 0 Å². The van der Waals surface area contributed by atoms with Crippen molar-refractivity contribution in [3.8, 4) is 0 Å². The summed E-state index contributed by atoms with van der Waals surface area (Å²) in [6, 6.07) is 8.70. The first-order valence-corrected chi connectivity index (χ1v) is 18.4. The van der Waals surface area contributed by atoms with E-state index in [0.29, 0.717) is 18.4 Å². The summed E-state index contributed by atoms with van der Waals surface area (Å²) in [5, 5.41) is 18.5. The van der Waals surface area contributed by atoms with Crippen LogP contribution in [0.2, 0.25) is 0 Å². The number of hydrogen-bond acceptors (Lipinski definition) is 5. The topological polar surface area (TPSA) is 84.5 Å². The molecule has 3 bridgehead atoms. The van der Waals surface area contributed by atoms with Crippen molar-refractivity contribution in [1.29, 1.82) is 0 Å². The van der Waals surface area contributed by atoms with E-state index in [4.69, 9.17) is 4.98 Å². The lowest BCUT2D eigenvalue weighted by atomic mass is 9.54. The van der Waals surface area contributed by atoms with E-state index in [9.17, 15) is 9.90 Å². The Hall–Kier alpha value is -3.26. The molecule has 0 radical (unpaired) electrons. The van der Waals surface area contributed by atoms with Crippen LogP contribution in [0.15, 0.2) is 60.8 Å². The maximum Gasteiger partial charge on any atom is 0.224 e. The zero-order valence-electron chi connectivity index (χ0n) is 28.0. The van der Waals surface area contributed by atoms with Gasteiger partial charge in [0.25, 0.3) is 0 Å². The highest BCUT2D eigenvalue weighted by molar-refractivity contribution is 6.11. The predicted octanol–water partition coefficient (Wildman–Crippen LogP) is 7.59. The van der Waals surface area contributed by atoms with Crippen molar-refractivity contribution in [3.05, 3.63) is 66.5 Å². The van der Waals surface area contributed by atoms with Crippen LogP contribution in [0.1, 0.15) is 89.7 Å². The molecule has 3 N–H and O–H groups in total. The van der Waals surface area contributed by atoms with E-state index in [1.165, 1.54) is 31.3 Å². The van der Waals surface area contributed by atoms with Gasteiger partial charge < -0.3 is 20.3 Å². The van der Waals surface area contributed by atoms with Crippen LogP contribution in [0.5, 0.6) is 0 Å². The number of carbonyl (C=O) groups is 1. The van der Waals surface area contributed by atoms with Gasteiger partial charge >= 0.3 is 0 Å². The zero-order valence-corrected chi connectivity index (χ0v) is 28.0. The lowest BCUT2D eigenvalue weighted by Gasteiger charge is -2.58. The maximum atomic E-state index is 13.2. The van der Waals surface area contributed by atoms with Crippen LogP contribution >= 0.6 is 0 Å². The van der Waals surface area contributed by atoms with Gasteiger partial charge in [-0.2, -0.15) is 0 Å². The number of amides is 1. The fraction of sp³-hybridized carbons (Fsp3) is 0.550. The summed E-state index contributed by atoms with van der Waals surface area (Å²) >= 11 is 0. The van der Waals surface area contributed by atoms with Crippen LogP contribution in [0.25, 0.3) is 27.4 Å². The fourth-order valence-corrected chi connectivity index (χ4v) is 10.2. The average molecular weight is 634 g/mol. The Morgan fingerprint density at radius 1 is 1.04 bits per heavy atom. The summed E-state index contributed by atoms with van der Waals surface area (Å²) in [6.45, 7) is 6.36. The minimum Gasteiger partial charge on any atom is -0.384 e. The number of anilines is 1. The number of H-pyrrole nitrogens is 1. The van der Waals surface area contributed by atoms with E-state index in [-0.39, 0.29) is 17.4 Å². The van der Waals surface area contributed by atoms with Crippen molar-refractivity contribution in [1.82, 2.24) is 19.8 Å². The second-order valence-electron chi connectivity index (χ2n) is 15.0. The molecule has 7 heteroatoms. The molecule has 1 amide bonds. The molecule has 0 saturated carbocycles. The van der Waals surface area contributed by atoms with Crippen molar-refractivity contribution >= 4 is 39.0 Å². The molecule has 8 rings (SSSR count). The molecule has 1 aromatic carbocycles. The standard InChI is InChI=1S/C40H51N5O2/c1-2-13-35(46)42-28-15-16-34-31(24-28)30-17-20-41-36(37(30)43-34)32-26-40(47)19-10-6-3-4-7-11-21-44-23-18-33(32)39(27-44)25-29-14-9-5-8-12-22-45(29)38(39)40/h3,6,9,14-17,20,24,26,29,33,38,43,47H,2,4-5,7-8,10-13,18-19,21-23,25,27H2,1H3,(H,42,46)/b6-3-,14-9-/t29-,33-,38+,39-,40-/m0/s1. The number of aliphatic hydroxyl groups is 1. The highest BCUT2D eigenvalue weighted by Crippen LogP contribution is 2.61. The number of carbonyl (C=O) groups excluding carboxylic acids is 1. The van der Waals surface area contributed by atoms with E-state index < -0.39 is 5.60 Å². The number of hydrogen-bond donors (Lipinski definition) is 3. The van der Waals surface area contributed by atoms with E-state index >= 15 is 0 Å². The molecule has 5 aliphatic rings. The Balaban J connectivity index is 1.29. The van der Waals surface area contributed by atoms with Crippen molar-refractivity contribution in [2.24, 2.45) is 11.3 Å². The predicted molar refractivity (Wildman–Crippen MR) is 191 cm³/mol. The second kappa shape index (κ2) is 12.6. The summed E-state index contributed by atoms with van der Waals surface area (Å²) in [4.78, 5) is 26.8. The molecular formula is C40H51N5O2. The van der Waals surface area contributed by atoms with Gasteiger partial charge in [0.2, 0.25) is 5.91 Å².